The molecule has 1 aromatic heterocycles. The van der Waals surface area contributed by atoms with Gasteiger partial charge in [0.2, 0.25) is 5.88 Å². The summed E-state index contributed by atoms with van der Waals surface area (Å²) in [7, 11) is 0. The van der Waals surface area contributed by atoms with Crippen LogP contribution in [-0.2, 0) is 0 Å². The first-order valence-electron chi connectivity index (χ1n) is 4.93. The zero-order valence-corrected chi connectivity index (χ0v) is 8.95. The molecule has 4 nitrogen and oxygen atoms in total. The molecule has 0 bridgehead atoms. The van der Waals surface area contributed by atoms with Crippen molar-refractivity contribution in [3.63, 3.8) is 0 Å². The summed E-state index contributed by atoms with van der Waals surface area (Å²) >= 11 is 0. The van der Waals surface area contributed by atoms with Crippen molar-refractivity contribution in [3.05, 3.63) is 12.4 Å². The Labute approximate surface area is 84.7 Å². The summed E-state index contributed by atoms with van der Waals surface area (Å²) in [5.41, 5.74) is 0. The van der Waals surface area contributed by atoms with E-state index in [2.05, 4.69) is 36.1 Å². The summed E-state index contributed by atoms with van der Waals surface area (Å²) in [5.74, 6) is 1.44. The maximum absolute atomic E-state index is 5.39. The van der Waals surface area contributed by atoms with Crippen LogP contribution in [0.3, 0.4) is 0 Å². The molecule has 0 saturated carbocycles. The van der Waals surface area contributed by atoms with Crippen LogP contribution in [-0.4, -0.2) is 22.6 Å². The standard InChI is InChI=1S/C10H17N3O/c1-4-5-14-10-6-9(11-7-12-10)13-8(2)3/h6-8H,4-5H2,1-3H3,(H,11,12,13). The lowest BCUT2D eigenvalue weighted by Crippen LogP contribution is -2.11. The predicted octanol–water partition coefficient (Wildman–Crippen LogP) is 2.09. The van der Waals surface area contributed by atoms with Crippen LogP contribution in [0.15, 0.2) is 12.4 Å². The summed E-state index contributed by atoms with van der Waals surface area (Å²) in [4.78, 5) is 8.10. The summed E-state index contributed by atoms with van der Waals surface area (Å²) in [6.07, 6.45) is 2.49. The quantitative estimate of drug-likeness (QED) is 0.781. The van der Waals surface area contributed by atoms with Gasteiger partial charge in [0.15, 0.2) is 0 Å². The molecule has 0 unspecified atom stereocenters. The van der Waals surface area contributed by atoms with Crippen molar-refractivity contribution in [2.75, 3.05) is 11.9 Å². The Morgan fingerprint density at radius 3 is 2.86 bits per heavy atom. The molecular formula is C10H17N3O. The summed E-state index contributed by atoms with van der Waals surface area (Å²) < 4.78 is 5.39. The third kappa shape index (κ3) is 3.60. The highest BCUT2D eigenvalue weighted by Crippen LogP contribution is 2.11. The number of aromatic nitrogens is 2. The zero-order valence-electron chi connectivity index (χ0n) is 8.95. The van der Waals surface area contributed by atoms with Crippen molar-refractivity contribution in [3.8, 4) is 5.88 Å². The van der Waals surface area contributed by atoms with E-state index in [9.17, 15) is 0 Å². The minimum atomic E-state index is 0.365. The molecular weight excluding hydrogens is 178 g/mol. The van der Waals surface area contributed by atoms with Gasteiger partial charge in [-0.1, -0.05) is 6.92 Å². The van der Waals surface area contributed by atoms with E-state index in [0.717, 1.165) is 12.2 Å². The molecule has 0 aliphatic heterocycles. The Kier molecular flexibility index (Phi) is 4.16. The zero-order chi connectivity index (χ0) is 10.4. The second kappa shape index (κ2) is 5.42. The lowest BCUT2D eigenvalue weighted by molar-refractivity contribution is 0.305. The van der Waals surface area contributed by atoms with Gasteiger partial charge in [-0.15, -0.1) is 0 Å². The fourth-order valence-electron chi connectivity index (χ4n) is 1.000. The first-order valence-corrected chi connectivity index (χ1v) is 4.93. The van der Waals surface area contributed by atoms with Crippen LogP contribution < -0.4 is 10.1 Å². The van der Waals surface area contributed by atoms with Gasteiger partial charge >= 0.3 is 0 Å². The van der Waals surface area contributed by atoms with Gasteiger partial charge in [0.1, 0.15) is 12.1 Å². The number of ether oxygens (including phenoxy) is 1. The minimum Gasteiger partial charge on any atom is -0.478 e. The molecule has 0 spiro atoms. The molecule has 0 atom stereocenters. The van der Waals surface area contributed by atoms with E-state index in [4.69, 9.17) is 4.74 Å². The Balaban J connectivity index is 2.59. The number of hydrogen-bond donors (Lipinski definition) is 1. The molecule has 0 aliphatic carbocycles. The molecule has 1 heterocycles. The van der Waals surface area contributed by atoms with Crippen LogP contribution in [0.1, 0.15) is 27.2 Å². The van der Waals surface area contributed by atoms with Gasteiger partial charge in [-0.2, -0.15) is 0 Å². The average molecular weight is 195 g/mol. The van der Waals surface area contributed by atoms with Gasteiger partial charge in [-0.3, -0.25) is 0 Å². The maximum Gasteiger partial charge on any atom is 0.218 e. The summed E-state index contributed by atoms with van der Waals surface area (Å²) in [5, 5.41) is 3.19. The van der Waals surface area contributed by atoms with E-state index in [-0.39, 0.29) is 0 Å². The molecule has 0 saturated heterocycles. The topological polar surface area (TPSA) is 47.0 Å². The molecule has 4 heteroatoms. The largest absolute Gasteiger partial charge is 0.478 e. The number of nitrogens with zero attached hydrogens (tertiary/aromatic N) is 2. The number of anilines is 1. The van der Waals surface area contributed by atoms with Crippen molar-refractivity contribution in [2.45, 2.75) is 33.2 Å². The third-order valence-corrected chi connectivity index (χ3v) is 1.53. The molecule has 14 heavy (non-hydrogen) atoms. The minimum absolute atomic E-state index is 0.365. The molecule has 1 aromatic rings. The summed E-state index contributed by atoms with van der Waals surface area (Å²) in [6.45, 7) is 6.88. The second-order valence-electron chi connectivity index (χ2n) is 3.39. The third-order valence-electron chi connectivity index (χ3n) is 1.53. The van der Waals surface area contributed by atoms with E-state index in [1.807, 2.05) is 6.07 Å². The lowest BCUT2D eigenvalue weighted by atomic mass is 10.4. The van der Waals surface area contributed by atoms with Crippen LogP contribution >= 0.6 is 0 Å². The van der Waals surface area contributed by atoms with E-state index in [0.29, 0.717) is 18.5 Å². The average Bonchev–Trinajstić information content (AvgIpc) is 2.14. The Morgan fingerprint density at radius 2 is 2.21 bits per heavy atom. The highest BCUT2D eigenvalue weighted by Gasteiger charge is 2.00. The van der Waals surface area contributed by atoms with Crippen LogP contribution in [0.25, 0.3) is 0 Å². The Bertz CT molecular complexity index is 276. The van der Waals surface area contributed by atoms with Gasteiger partial charge in [0, 0.05) is 12.1 Å². The van der Waals surface area contributed by atoms with Gasteiger partial charge in [0.05, 0.1) is 6.61 Å². The lowest BCUT2D eigenvalue weighted by Gasteiger charge is -2.09. The fourth-order valence-corrected chi connectivity index (χ4v) is 1.000. The Hall–Kier alpha value is -1.32. The van der Waals surface area contributed by atoms with Crippen molar-refractivity contribution >= 4 is 5.82 Å². The van der Waals surface area contributed by atoms with Gasteiger partial charge in [0.25, 0.3) is 0 Å². The van der Waals surface area contributed by atoms with Crippen LogP contribution in [0.2, 0.25) is 0 Å². The predicted molar refractivity (Wildman–Crippen MR) is 56.6 cm³/mol. The number of rotatable bonds is 5. The van der Waals surface area contributed by atoms with Gasteiger partial charge in [-0.05, 0) is 20.3 Å². The van der Waals surface area contributed by atoms with Gasteiger partial charge < -0.3 is 10.1 Å². The molecule has 0 amide bonds. The van der Waals surface area contributed by atoms with Gasteiger partial charge in [-0.25, -0.2) is 9.97 Å². The first kappa shape index (κ1) is 10.8. The van der Waals surface area contributed by atoms with Crippen LogP contribution in [0, 0.1) is 0 Å². The van der Waals surface area contributed by atoms with Crippen molar-refractivity contribution < 1.29 is 4.74 Å². The van der Waals surface area contributed by atoms with E-state index >= 15 is 0 Å². The number of nitrogens with one attached hydrogen (secondary N) is 1. The first-order chi connectivity index (χ1) is 6.72. The second-order valence-corrected chi connectivity index (χ2v) is 3.39. The van der Waals surface area contributed by atoms with Crippen LogP contribution in [0.5, 0.6) is 5.88 Å². The maximum atomic E-state index is 5.39. The normalized spacial score (nSPS) is 10.3. The number of hydrogen-bond acceptors (Lipinski definition) is 4. The van der Waals surface area contributed by atoms with E-state index in [1.54, 1.807) is 0 Å². The van der Waals surface area contributed by atoms with Crippen LogP contribution in [0.4, 0.5) is 5.82 Å². The van der Waals surface area contributed by atoms with Crippen molar-refractivity contribution in [2.24, 2.45) is 0 Å². The monoisotopic (exact) mass is 195 g/mol. The molecule has 78 valence electrons. The van der Waals surface area contributed by atoms with Crippen molar-refractivity contribution in [1.29, 1.82) is 0 Å². The van der Waals surface area contributed by atoms with Crippen molar-refractivity contribution in [1.82, 2.24) is 9.97 Å². The highest BCUT2D eigenvalue weighted by atomic mass is 16.5. The Morgan fingerprint density at radius 1 is 1.43 bits per heavy atom. The summed E-state index contributed by atoms with van der Waals surface area (Å²) in [6, 6.07) is 2.18. The SMILES string of the molecule is CCCOc1cc(NC(C)C)ncn1. The molecule has 0 fully saturated rings. The van der Waals surface area contributed by atoms with E-state index in [1.165, 1.54) is 6.33 Å². The smallest absolute Gasteiger partial charge is 0.218 e. The fraction of sp³-hybridized carbons (Fsp3) is 0.600. The molecule has 0 aliphatic rings. The van der Waals surface area contributed by atoms with E-state index < -0.39 is 0 Å². The highest BCUT2D eigenvalue weighted by molar-refractivity contribution is 5.37. The molecule has 0 aromatic carbocycles. The molecule has 1 rings (SSSR count). The molecule has 0 radical (unpaired) electrons. The molecule has 1 N–H and O–H groups in total.